The van der Waals surface area contributed by atoms with Gasteiger partial charge in [-0.2, -0.15) is 0 Å². The highest BCUT2D eigenvalue weighted by Crippen LogP contribution is 2.44. The minimum atomic E-state index is 0.0482. The molecule has 1 heteroatoms. The van der Waals surface area contributed by atoms with Crippen molar-refractivity contribution < 1.29 is 0 Å². The normalized spacial score (nSPS) is 36.6. The zero-order valence-electron chi connectivity index (χ0n) is 10.5. The Balaban J connectivity index is 1.79. The van der Waals surface area contributed by atoms with Crippen LogP contribution in [0.1, 0.15) is 65.2 Å². The summed E-state index contributed by atoms with van der Waals surface area (Å²) in [6.07, 6.45) is 11.7. The van der Waals surface area contributed by atoms with Crippen molar-refractivity contribution in [1.29, 1.82) is 0 Å². The molecule has 88 valence electrons. The SMILES string of the molecule is CC(C)(N)CCC1CC2CCCC(C2)C1. The topological polar surface area (TPSA) is 26.0 Å². The molecule has 2 N–H and O–H groups in total. The van der Waals surface area contributed by atoms with Crippen molar-refractivity contribution in [1.82, 2.24) is 0 Å². The fourth-order valence-corrected chi connectivity index (χ4v) is 3.68. The highest BCUT2D eigenvalue weighted by atomic mass is 14.7. The Labute approximate surface area is 94.8 Å². The Morgan fingerprint density at radius 1 is 1.07 bits per heavy atom. The van der Waals surface area contributed by atoms with Crippen LogP contribution in [0.5, 0.6) is 0 Å². The summed E-state index contributed by atoms with van der Waals surface area (Å²) in [5.41, 5.74) is 6.12. The molecule has 2 unspecified atom stereocenters. The number of rotatable bonds is 3. The van der Waals surface area contributed by atoms with Crippen molar-refractivity contribution in [2.24, 2.45) is 23.5 Å². The molecular weight excluding hydrogens is 182 g/mol. The molecule has 0 heterocycles. The van der Waals surface area contributed by atoms with E-state index in [1.165, 1.54) is 44.9 Å². The Bertz CT molecular complexity index is 192. The summed E-state index contributed by atoms with van der Waals surface area (Å²) in [7, 11) is 0. The number of fused-ring (bicyclic) bond motifs is 2. The van der Waals surface area contributed by atoms with Gasteiger partial charge in [-0.1, -0.05) is 19.3 Å². The molecule has 0 spiro atoms. The standard InChI is InChI=1S/C14H27N/c1-14(2,15)7-6-13-9-11-4-3-5-12(8-11)10-13/h11-13H,3-10,15H2,1-2H3. The summed E-state index contributed by atoms with van der Waals surface area (Å²) in [6.45, 7) is 4.33. The maximum atomic E-state index is 6.07. The second kappa shape index (κ2) is 4.45. The van der Waals surface area contributed by atoms with Crippen LogP contribution in [-0.4, -0.2) is 5.54 Å². The maximum absolute atomic E-state index is 6.07. The second-order valence-electron chi connectivity index (χ2n) is 6.76. The van der Waals surface area contributed by atoms with Crippen molar-refractivity contribution in [2.45, 2.75) is 70.8 Å². The molecule has 0 aromatic heterocycles. The van der Waals surface area contributed by atoms with Gasteiger partial charge in [-0.15, -0.1) is 0 Å². The third-order valence-corrected chi connectivity index (χ3v) is 4.42. The van der Waals surface area contributed by atoms with Crippen LogP contribution >= 0.6 is 0 Å². The molecule has 2 aliphatic carbocycles. The Morgan fingerprint density at radius 2 is 1.67 bits per heavy atom. The molecule has 2 rings (SSSR count). The van der Waals surface area contributed by atoms with E-state index >= 15 is 0 Å². The quantitative estimate of drug-likeness (QED) is 0.753. The van der Waals surface area contributed by atoms with Gasteiger partial charge < -0.3 is 5.73 Å². The van der Waals surface area contributed by atoms with Gasteiger partial charge in [-0.25, -0.2) is 0 Å². The maximum Gasteiger partial charge on any atom is 0.00971 e. The van der Waals surface area contributed by atoms with Crippen LogP contribution < -0.4 is 5.73 Å². The highest BCUT2D eigenvalue weighted by molar-refractivity contribution is 4.84. The summed E-state index contributed by atoms with van der Waals surface area (Å²) in [5.74, 6) is 3.14. The highest BCUT2D eigenvalue weighted by Gasteiger charge is 2.31. The molecule has 0 aromatic carbocycles. The zero-order valence-corrected chi connectivity index (χ0v) is 10.5. The molecule has 0 aliphatic heterocycles. The van der Waals surface area contributed by atoms with Crippen molar-refractivity contribution in [2.75, 3.05) is 0 Å². The molecule has 2 aliphatic rings. The van der Waals surface area contributed by atoms with E-state index < -0.39 is 0 Å². The predicted octanol–water partition coefficient (Wildman–Crippen LogP) is 3.72. The predicted molar refractivity (Wildman–Crippen MR) is 65.7 cm³/mol. The molecule has 1 nitrogen and oxygen atoms in total. The first-order chi connectivity index (χ1) is 7.03. The van der Waals surface area contributed by atoms with Gasteiger partial charge >= 0.3 is 0 Å². The average molecular weight is 209 g/mol. The third-order valence-electron chi connectivity index (χ3n) is 4.42. The largest absolute Gasteiger partial charge is 0.326 e. The van der Waals surface area contributed by atoms with E-state index in [2.05, 4.69) is 13.8 Å². The summed E-state index contributed by atoms with van der Waals surface area (Å²) < 4.78 is 0. The van der Waals surface area contributed by atoms with E-state index in [0.29, 0.717) is 0 Å². The molecule has 2 atom stereocenters. The van der Waals surface area contributed by atoms with E-state index in [4.69, 9.17) is 5.73 Å². The summed E-state index contributed by atoms with van der Waals surface area (Å²) in [4.78, 5) is 0. The lowest BCUT2D eigenvalue weighted by atomic mass is 9.67. The van der Waals surface area contributed by atoms with Gasteiger partial charge in [-0.3, -0.25) is 0 Å². The third kappa shape index (κ3) is 3.48. The monoisotopic (exact) mass is 209 g/mol. The van der Waals surface area contributed by atoms with Crippen molar-refractivity contribution >= 4 is 0 Å². The van der Waals surface area contributed by atoms with E-state index in [0.717, 1.165) is 17.8 Å². The van der Waals surface area contributed by atoms with E-state index in [1.807, 2.05) is 0 Å². The Kier molecular flexibility index (Phi) is 3.39. The van der Waals surface area contributed by atoms with E-state index in [1.54, 1.807) is 6.42 Å². The fourth-order valence-electron chi connectivity index (χ4n) is 3.68. The lowest BCUT2D eigenvalue weighted by Gasteiger charge is -2.39. The van der Waals surface area contributed by atoms with Crippen LogP contribution in [0.2, 0.25) is 0 Å². The molecule has 15 heavy (non-hydrogen) atoms. The van der Waals surface area contributed by atoms with E-state index in [-0.39, 0.29) is 5.54 Å². The first kappa shape index (κ1) is 11.4. The van der Waals surface area contributed by atoms with Crippen LogP contribution in [0.25, 0.3) is 0 Å². The zero-order chi connectivity index (χ0) is 10.9. The number of hydrogen-bond donors (Lipinski definition) is 1. The van der Waals surface area contributed by atoms with Gasteiger partial charge in [0.25, 0.3) is 0 Å². The van der Waals surface area contributed by atoms with Gasteiger partial charge in [0.2, 0.25) is 0 Å². The molecule has 2 fully saturated rings. The Hall–Kier alpha value is -0.0400. The van der Waals surface area contributed by atoms with Gasteiger partial charge in [0.15, 0.2) is 0 Å². The van der Waals surface area contributed by atoms with Crippen molar-refractivity contribution in [3.8, 4) is 0 Å². The minimum absolute atomic E-state index is 0.0482. The van der Waals surface area contributed by atoms with Gasteiger partial charge in [-0.05, 0) is 63.7 Å². The Morgan fingerprint density at radius 3 is 2.20 bits per heavy atom. The molecular formula is C14H27N. The number of hydrogen-bond acceptors (Lipinski definition) is 1. The van der Waals surface area contributed by atoms with Gasteiger partial charge in [0.1, 0.15) is 0 Å². The van der Waals surface area contributed by atoms with Crippen LogP contribution in [0.15, 0.2) is 0 Å². The first-order valence-corrected chi connectivity index (χ1v) is 6.82. The van der Waals surface area contributed by atoms with Gasteiger partial charge in [0, 0.05) is 5.54 Å². The molecule has 0 radical (unpaired) electrons. The summed E-state index contributed by atoms with van der Waals surface area (Å²) in [5, 5.41) is 0. The second-order valence-corrected chi connectivity index (χ2v) is 6.76. The van der Waals surface area contributed by atoms with Crippen LogP contribution in [0.3, 0.4) is 0 Å². The van der Waals surface area contributed by atoms with Crippen molar-refractivity contribution in [3.05, 3.63) is 0 Å². The smallest absolute Gasteiger partial charge is 0.00971 e. The number of nitrogens with two attached hydrogens (primary N) is 1. The lowest BCUT2D eigenvalue weighted by molar-refractivity contribution is 0.127. The molecule has 0 aromatic rings. The average Bonchev–Trinajstić information content (AvgIpc) is 2.13. The van der Waals surface area contributed by atoms with E-state index in [9.17, 15) is 0 Å². The summed E-state index contributed by atoms with van der Waals surface area (Å²) in [6, 6.07) is 0. The molecule has 0 amide bonds. The minimum Gasteiger partial charge on any atom is -0.326 e. The first-order valence-electron chi connectivity index (χ1n) is 6.82. The molecule has 2 saturated carbocycles. The molecule has 0 saturated heterocycles. The van der Waals surface area contributed by atoms with Gasteiger partial charge in [0.05, 0.1) is 0 Å². The van der Waals surface area contributed by atoms with Crippen LogP contribution in [0, 0.1) is 17.8 Å². The van der Waals surface area contributed by atoms with Crippen LogP contribution in [-0.2, 0) is 0 Å². The fraction of sp³-hybridized carbons (Fsp3) is 1.00. The molecule has 2 bridgehead atoms. The van der Waals surface area contributed by atoms with Crippen molar-refractivity contribution in [3.63, 3.8) is 0 Å². The van der Waals surface area contributed by atoms with Crippen LogP contribution in [0.4, 0.5) is 0 Å². The summed E-state index contributed by atoms with van der Waals surface area (Å²) >= 11 is 0. The lowest BCUT2D eigenvalue weighted by Crippen LogP contribution is -2.34.